The number of Topliss-reactive ketones (excluding diaryl/α,β-unsaturated/α-hetero) is 1. The lowest BCUT2D eigenvalue weighted by molar-refractivity contribution is -0.140. The molecule has 1 rings (SSSR count). The Balaban J connectivity index is 2.51. The number of amides is 1. The quantitative estimate of drug-likeness (QED) is 0.754. The molecule has 0 spiro atoms. The van der Waals surface area contributed by atoms with Gasteiger partial charge in [-0.15, -0.1) is 0 Å². The van der Waals surface area contributed by atoms with Gasteiger partial charge in [0.2, 0.25) is 5.91 Å². The molecule has 1 aromatic carbocycles. The average Bonchev–Trinajstić information content (AvgIpc) is 2.38. The van der Waals surface area contributed by atoms with E-state index in [0.29, 0.717) is 17.0 Å². The van der Waals surface area contributed by atoms with Gasteiger partial charge in [-0.05, 0) is 19.1 Å². The summed E-state index contributed by atoms with van der Waals surface area (Å²) in [6, 6.07) is 6.79. The van der Waals surface area contributed by atoms with E-state index in [1.54, 1.807) is 31.2 Å². The summed E-state index contributed by atoms with van der Waals surface area (Å²) in [4.78, 5) is 33.8. The molecule has 1 atom stereocenters. The number of carboxylic acid groups (broad SMARTS) is 1. The molecule has 1 amide bonds. The fraction of sp³-hybridized carbons (Fsp3) is 0.357. The van der Waals surface area contributed by atoms with Crippen LogP contribution >= 0.6 is 11.8 Å². The van der Waals surface area contributed by atoms with Gasteiger partial charge in [-0.25, -0.2) is 0 Å². The molecule has 0 aliphatic heterocycles. The molecule has 0 aromatic heterocycles. The lowest BCUT2D eigenvalue weighted by atomic mass is 10.1. The van der Waals surface area contributed by atoms with Gasteiger partial charge in [0.25, 0.3) is 0 Å². The third-order valence-electron chi connectivity index (χ3n) is 2.60. The third kappa shape index (κ3) is 5.05. The van der Waals surface area contributed by atoms with Crippen LogP contribution in [0.2, 0.25) is 0 Å². The number of rotatable bonds is 7. The highest BCUT2D eigenvalue weighted by molar-refractivity contribution is 8.00. The van der Waals surface area contributed by atoms with Crippen LogP contribution in [-0.4, -0.2) is 34.3 Å². The summed E-state index contributed by atoms with van der Waals surface area (Å²) in [5.41, 5.74) is 0.946. The number of ketones is 1. The Labute approximate surface area is 121 Å². The Morgan fingerprint density at radius 3 is 2.55 bits per heavy atom. The van der Waals surface area contributed by atoms with Crippen LogP contribution in [0.25, 0.3) is 0 Å². The summed E-state index contributed by atoms with van der Waals surface area (Å²) in [7, 11) is 0. The second-order valence-electron chi connectivity index (χ2n) is 4.40. The second kappa shape index (κ2) is 7.69. The normalized spacial score (nSPS) is 11.7. The van der Waals surface area contributed by atoms with E-state index in [1.807, 2.05) is 0 Å². The zero-order chi connectivity index (χ0) is 15.1. The molecule has 0 heterocycles. The first-order valence-electron chi connectivity index (χ1n) is 6.12. The fourth-order valence-electron chi connectivity index (χ4n) is 1.49. The number of hydrogen-bond donors (Lipinski definition) is 2. The van der Waals surface area contributed by atoms with Crippen LogP contribution in [-0.2, 0) is 9.59 Å². The van der Waals surface area contributed by atoms with E-state index in [4.69, 9.17) is 5.11 Å². The maximum Gasteiger partial charge on any atom is 0.307 e. The fourth-order valence-corrected chi connectivity index (χ4v) is 2.36. The van der Waals surface area contributed by atoms with E-state index in [0.717, 1.165) is 0 Å². The van der Waals surface area contributed by atoms with Gasteiger partial charge in [0.05, 0.1) is 17.4 Å². The molecule has 108 valence electrons. The summed E-state index contributed by atoms with van der Waals surface area (Å²) >= 11 is 1.25. The number of anilines is 1. The molecule has 0 bridgehead atoms. The molecule has 20 heavy (non-hydrogen) atoms. The standard InChI is InChI=1S/C14H17NO4S/c1-9(14(18)19)7-20-8-13(17)15-12-6-4-3-5-11(12)10(2)16/h3-6,9H,7-8H2,1-2H3,(H,15,17)(H,18,19). The van der Waals surface area contributed by atoms with Crippen molar-refractivity contribution in [1.82, 2.24) is 0 Å². The Morgan fingerprint density at radius 1 is 1.30 bits per heavy atom. The van der Waals surface area contributed by atoms with Crippen molar-refractivity contribution < 1.29 is 19.5 Å². The maximum absolute atomic E-state index is 11.7. The Kier molecular flexibility index (Phi) is 6.24. The molecule has 0 saturated carbocycles. The number of para-hydroxylation sites is 1. The van der Waals surface area contributed by atoms with E-state index in [2.05, 4.69) is 5.32 Å². The summed E-state index contributed by atoms with van der Waals surface area (Å²) in [6.07, 6.45) is 0. The Bertz CT molecular complexity index is 516. The molecular weight excluding hydrogens is 278 g/mol. The van der Waals surface area contributed by atoms with Crippen molar-refractivity contribution in [3.05, 3.63) is 29.8 Å². The smallest absolute Gasteiger partial charge is 0.307 e. The van der Waals surface area contributed by atoms with E-state index in [9.17, 15) is 14.4 Å². The van der Waals surface area contributed by atoms with Crippen molar-refractivity contribution in [3.8, 4) is 0 Å². The molecule has 0 saturated heterocycles. The van der Waals surface area contributed by atoms with Gasteiger partial charge in [-0.1, -0.05) is 19.1 Å². The number of thioether (sulfide) groups is 1. The van der Waals surface area contributed by atoms with Crippen LogP contribution in [0.5, 0.6) is 0 Å². The van der Waals surface area contributed by atoms with Gasteiger partial charge < -0.3 is 10.4 Å². The second-order valence-corrected chi connectivity index (χ2v) is 5.43. The first-order valence-corrected chi connectivity index (χ1v) is 7.27. The molecule has 0 radical (unpaired) electrons. The highest BCUT2D eigenvalue weighted by atomic mass is 32.2. The largest absolute Gasteiger partial charge is 0.481 e. The first-order chi connectivity index (χ1) is 9.41. The monoisotopic (exact) mass is 295 g/mol. The average molecular weight is 295 g/mol. The third-order valence-corrected chi connectivity index (χ3v) is 3.81. The number of hydrogen-bond acceptors (Lipinski definition) is 4. The zero-order valence-electron chi connectivity index (χ0n) is 11.4. The van der Waals surface area contributed by atoms with Gasteiger partial charge >= 0.3 is 5.97 Å². The highest BCUT2D eigenvalue weighted by Crippen LogP contribution is 2.16. The van der Waals surface area contributed by atoms with Crippen molar-refractivity contribution in [2.24, 2.45) is 5.92 Å². The minimum Gasteiger partial charge on any atom is -0.481 e. The molecule has 0 aliphatic carbocycles. The van der Waals surface area contributed by atoms with Gasteiger partial charge in [0, 0.05) is 11.3 Å². The number of carbonyl (C=O) groups excluding carboxylic acids is 2. The predicted octanol–water partition coefficient (Wildman–Crippen LogP) is 2.28. The van der Waals surface area contributed by atoms with Crippen LogP contribution in [0.1, 0.15) is 24.2 Å². The number of carbonyl (C=O) groups is 3. The van der Waals surface area contributed by atoms with Crippen molar-refractivity contribution in [3.63, 3.8) is 0 Å². The number of nitrogens with one attached hydrogen (secondary N) is 1. The summed E-state index contributed by atoms with van der Waals surface area (Å²) < 4.78 is 0. The van der Waals surface area contributed by atoms with Crippen LogP contribution in [0, 0.1) is 5.92 Å². The molecular formula is C14H17NO4S. The van der Waals surface area contributed by atoms with Crippen molar-refractivity contribution >= 4 is 35.1 Å². The zero-order valence-corrected chi connectivity index (χ0v) is 12.2. The molecule has 2 N–H and O–H groups in total. The predicted molar refractivity (Wildman–Crippen MR) is 79.2 cm³/mol. The van der Waals surface area contributed by atoms with Crippen LogP contribution < -0.4 is 5.32 Å². The van der Waals surface area contributed by atoms with Gasteiger partial charge in [-0.3, -0.25) is 14.4 Å². The lowest BCUT2D eigenvalue weighted by Gasteiger charge is -2.09. The summed E-state index contributed by atoms with van der Waals surface area (Å²) in [5.74, 6) is -1.20. The number of aliphatic carboxylic acids is 1. The Morgan fingerprint density at radius 2 is 1.95 bits per heavy atom. The maximum atomic E-state index is 11.7. The number of carboxylic acids is 1. The molecule has 6 heteroatoms. The molecule has 0 fully saturated rings. The molecule has 1 unspecified atom stereocenters. The summed E-state index contributed by atoms with van der Waals surface area (Å²) in [6.45, 7) is 3.03. The minimum absolute atomic E-state index is 0.118. The van der Waals surface area contributed by atoms with Gasteiger partial charge in [-0.2, -0.15) is 11.8 Å². The number of benzene rings is 1. The van der Waals surface area contributed by atoms with E-state index < -0.39 is 11.9 Å². The SMILES string of the molecule is CC(=O)c1ccccc1NC(=O)CSCC(C)C(=O)O. The van der Waals surface area contributed by atoms with Crippen molar-refractivity contribution in [1.29, 1.82) is 0 Å². The Hall–Kier alpha value is -1.82. The minimum atomic E-state index is -0.875. The van der Waals surface area contributed by atoms with E-state index >= 15 is 0 Å². The van der Waals surface area contributed by atoms with E-state index in [-0.39, 0.29) is 17.4 Å². The topological polar surface area (TPSA) is 83.5 Å². The van der Waals surface area contributed by atoms with E-state index in [1.165, 1.54) is 18.7 Å². The van der Waals surface area contributed by atoms with Crippen LogP contribution in [0.15, 0.2) is 24.3 Å². The van der Waals surface area contributed by atoms with Crippen molar-refractivity contribution in [2.45, 2.75) is 13.8 Å². The molecule has 5 nitrogen and oxygen atoms in total. The first kappa shape index (κ1) is 16.2. The molecule has 1 aromatic rings. The highest BCUT2D eigenvalue weighted by Gasteiger charge is 2.13. The molecule has 0 aliphatic rings. The van der Waals surface area contributed by atoms with Gasteiger partial charge in [0.1, 0.15) is 0 Å². The lowest BCUT2D eigenvalue weighted by Crippen LogP contribution is -2.18. The van der Waals surface area contributed by atoms with Crippen LogP contribution in [0.4, 0.5) is 5.69 Å². The summed E-state index contributed by atoms with van der Waals surface area (Å²) in [5, 5.41) is 11.4. The van der Waals surface area contributed by atoms with Crippen molar-refractivity contribution in [2.75, 3.05) is 16.8 Å². The van der Waals surface area contributed by atoms with Gasteiger partial charge in [0.15, 0.2) is 5.78 Å². The van der Waals surface area contributed by atoms with Crippen LogP contribution in [0.3, 0.4) is 0 Å².